The molecule has 1 unspecified atom stereocenters. The standard InChI is InChI=1S/C17H19NS.ClH/c1-18(2)12-14-11-13-7-3-5-9-16(13)19-17-10-6-4-8-15(14)17;/h3-10,14H,11-12H2,1-2H3;1H. The van der Waals surface area contributed by atoms with Gasteiger partial charge in [-0.1, -0.05) is 48.2 Å². The molecule has 0 radical (unpaired) electrons. The molecule has 0 saturated carbocycles. The van der Waals surface area contributed by atoms with E-state index in [0.29, 0.717) is 5.92 Å². The number of halogens is 1. The van der Waals surface area contributed by atoms with Crippen LogP contribution in [0.15, 0.2) is 58.3 Å². The van der Waals surface area contributed by atoms with Crippen LogP contribution in [0.1, 0.15) is 17.0 Å². The first-order valence-corrected chi connectivity index (χ1v) is 7.55. The van der Waals surface area contributed by atoms with E-state index < -0.39 is 0 Å². The molecule has 1 atom stereocenters. The molecule has 0 aromatic heterocycles. The zero-order valence-electron chi connectivity index (χ0n) is 11.9. The summed E-state index contributed by atoms with van der Waals surface area (Å²) in [7, 11) is 4.32. The molecule has 106 valence electrons. The molecule has 20 heavy (non-hydrogen) atoms. The van der Waals surface area contributed by atoms with Crippen LogP contribution in [0.5, 0.6) is 0 Å². The van der Waals surface area contributed by atoms with Gasteiger partial charge in [-0.25, -0.2) is 0 Å². The lowest BCUT2D eigenvalue weighted by molar-refractivity contribution is 0.369. The second-order valence-corrected chi connectivity index (χ2v) is 6.49. The maximum atomic E-state index is 2.29. The molecule has 1 heterocycles. The molecule has 1 aliphatic heterocycles. The van der Waals surface area contributed by atoms with Gasteiger partial charge in [0.05, 0.1) is 0 Å². The average molecular weight is 306 g/mol. The van der Waals surface area contributed by atoms with Crippen molar-refractivity contribution in [3.63, 3.8) is 0 Å². The van der Waals surface area contributed by atoms with Crippen LogP contribution < -0.4 is 0 Å². The molecular weight excluding hydrogens is 286 g/mol. The van der Waals surface area contributed by atoms with Crippen molar-refractivity contribution < 1.29 is 0 Å². The van der Waals surface area contributed by atoms with Gasteiger partial charge >= 0.3 is 0 Å². The SMILES string of the molecule is CN(C)CC1Cc2ccccc2Sc2ccccc21.Cl. The van der Waals surface area contributed by atoms with E-state index in [1.807, 2.05) is 11.8 Å². The molecule has 0 N–H and O–H groups in total. The van der Waals surface area contributed by atoms with E-state index in [1.54, 1.807) is 0 Å². The summed E-state index contributed by atoms with van der Waals surface area (Å²) in [5, 5.41) is 0. The van der Waals surface area contributed by atoms with Crippen molar-refractivity contribution in [1.82, 2.24) is 4.90 Å². The number of hydrogen-bond acceptors (Lipinski definition) is 2. The van der Waals surface area contributed by atoms with E-state index in [-0.39, 0.29) is 12.4 Å². The third-order valence-corrected chi connectivity index (χ3v) is 4.81. The normalized spacial score (nSPS) is 16.9. The lowest BCUT2D eigenvalue weighted by atomic mass is 9.91. The minimum absolute atomic E-state index is 0. The highest BCUT2D eigenvalue weighted by Gasteiger charge is 2.22. The van der Waals surface area contributed by atoms with Gasteiger partial charge in [0.2, 0.25) is 0 Å². The van der Waals surface area contributed by atoms with Gasteiger partial charge in [-0.05, 0) is 43.8 Å². The van der Waals surface area contributed by atoms with Crippen LogP contribution in [0.4, 0.5) is 0 Å². The molecule has 2 aromatic carbocycles. The average Bonchev–Trinajstić information content (AvgIpc) is 2.55. The lowest BCUT2D eigenvalue weighted by Crippen LogP contribution is -2.21. The summed E-state index contributed by atoms with van der Waals surface area (Å²) in [5.74, 6) is 0.586. The summed E-state index contributed by atoms with van der Waals surface area (Å²) in [6, 6.07) is 17.7. The molecule has 3 rings (SSSR count). The highest BCUT2D eigenvalue weighted by molar-refractivity contribution is 7.99. The second kappa shape index (κ2) is 6.66. The Bertz CT molecular complexity index is 583. The molecule has 0 saturated heterocycles. The van der Waals surface area contributed by atoms with E-state index in [4.69, 9.17) is 0 Å². The van der Waals surface area contributed by atoms with Gasteiger partial charge in [0.1, 0.15) is 0 Å². The molecular formula is C17H20ClNS. The van der Waals surface area contributed by atoms with Crippen LogP contribution >= 0.6 is 24.2 Å². The third-order valence-electron chi connectivity index (χ3n) is 3.60. The first-order chi connectivity index (χ1) is 9.24. The Kier molecular flexibility index (Phi) is 5.14. The Morgan fingerprint density at radius 3 is 2.40 bits per heavy atom. The molecule has 3 heteroatoms. The molecule has 1 nitrogen and oxygen atoms in total. The van der Waals surface area contributed by atoms with Gasteiger partial charge in [-0.2, -0.15) is 0 Å². The van der Waals surface area contributed by atoms with Crippen molar-refractivity contribution in [2.24, 2.45) is 0 Å². The molecule has 0 amide bonds. The van der Waals surface area contributed by atoms with Crippen molar-refractivity contribution >= 4 is 24.2 Å². The van der Waals surface area contributed by atoms with Crippen molar-refractivity contribution in [3.8, 4) is 0 Å². The minimum atomic E-state index is 0. The fourth-order valence-electron chi connectivity index (χ4n) is 2.78. The minimum Gasteiger partial charge on any atom is -0.309 e. The molecule has 0 fully saturated rings. The molecule has 1 aliphatic rings. The fourth-order valence-corrected chi connectivity index (χ4v) is 3.95. The van der Waals surface area contributed by atoms with E-state index in [9.17, 15) is 0 Å². The number of rotatable bonds is 2. The predicted molar refractivity (Wildman–Crippen MR) is 89.3 cm³/mol. The van der Waals surface area contributed by atoms with Gasteiger partial charge in [-0.15, -0.1) is 12.4 Å². The molecule has 2 aromatic rings. The van der Waals surface area contributed by atoms with Gasteiger partial charge in [0, 0.05) is 22.3 Å². The Hall–Kier alpha value is -0.960. The second-order valence-electron chi connectivity index (χ2n) is 5.41. The number of fused-ring (bicyclic) bond motifs is 2. The van der Waals surface area contributed by atoms with E-state index >= 15 is 0 Å². The first-order valence-electron chi connectivity index (χ1n) is 6.73. The number of nitrogens with zero attached hydrogens (tertiary/aromatic N) is 1. The van der Waals surface area contributed by atoms with Crippen LogP contribution in [-0.2, 0) is 6.42 Å². The quantitative estimate of drug-likeness (QED) is 0.806. The fraction of sp³-hybridized carbons (Fsp3) is 0.294. The summed E-state index contributed by atoms with van der Waals surface area (Å²) in [6.45, 7) is 1.10. The van der Waals surface area contributed by atoms with Crippen LogP contribution in [0.3, 0.4) is 0 Å². The Morgan fingerprint density at radius 1 is 1.00 bits per heavy atom. The first kappa shape index (κ1) is 15.4. The number of benzene rings is 2. The van der Waals surface area contributed by atoms with Crippen LogP contribution in [0.25, 0.3) is 0 Å². The summed E-state index contributed by atoms with van der Waals surface area (Å²) < 4.78 is 0. The maximum absolute atomic E-state index is 2.29. The summed E-state index contributed by atoms with van der Waals surface area (Å²) >= 11 is 1.92. The van der Waals surface area contributed by atoms with Gasteiger partial charge in [0.25, 0.3) is 0 Å². The Labute approximate surface area is 131 Å². The Morgan fingerprint density at radius 2 is 1.65 bits per heavy atom. The van der Waals surface area contributed by atoms with Crippen LogP contribution in [-0.4, -0.2) is 25.5 Å². The van der Waals surface area contributed by atoms with Gasteiger partial charge < -0.3 is 4.90 Å². The van der Waals surface area contributed by atoms with Crippen LogP contribution in [0.2, 0.25) is 0 Å². The van der Waals surface area contributed by atoms with E-state index in [1.165, 1.54) is 20.9 Å². The summed E-state index contributed by atoms with van der Waals surface area (Å²) in [4.78, 5) is 5.12. The third kappa shape index (κ3) is 3.20. The number of hydrogen-bond donors (Lipinski definition) is 0. The smallest absolute Gasteiger partial charge is 0.0157 e. The highest BCUT2D eigenvalue weighted by Crippen LogP contribution is 2.41. The molecule has 0 aliphatic carbocycles. The van der Waals surface area contributed by atoms with Crippen molar-refractivity contribution in [2.45, 2.75) is 22.1 Å². The van der Waals surface area contributed by atoms with Crippen molar-refractivity contribution in [1.29, 1.82) is 0 Å². The topological polar surface area (TPSA) is 3.24 Å². The summed E-state index contributed by atoms with van der Waals surface area (Å²) in [5.41, 5.74) is 2.98. The summed E-state index contributed by atoms with van der Waals surface area (Å²) in [6.07, 6.45) is 1.14. The van der Waals surface area contributed by atoms with E-state index in [2.05, 4.69) is 67.5 Å². The zero-order chi connectivity index (χ0) is 13.2. The van der Waals surface area contributed by atoms with Crippen molar-refractivity contribution in [2.75, 3.05) is 20.6 Å². The lowest BCUT2D eigenvalue weighted by Gasteiger charge is -2.21. The predicted octanol–water partition coefficient (Wildman–Crippen LogP) is 4.46. The van der Waals surface area contributed by atoms with Gasteiger partial charge in [-0.3, -0.25) is 0 Å². The van der Waals surface area contributed by atoms with Crippen molar-refractivity contribution in [3.05, 3.63) is 59.7 Å². The monoisotopic (exact) mass is 305 g/mol. The van der Waals surface area contributed by atoms with Gasteiger partial charge in [0.15, 0.2) is 0 Å². The highest BCUT2D eigenvalue weighted by atomic mass is 35.5. The largest absolute Gasteiger partial charge is 0.309 e. The number of likely N-dealkylation sites (N-methyl/N-ethyl adjacent to an activating group) is 1. The molecule has 0 bridgehead atoms. The zero-order valence-corrected chi connectivity index (χ0v) is 13.5. The van der Waals surface area contributed by atoms with E-state index in [0.717, 1.165) is 13.0 Å². The Balaban J connectivity index is 0.00000147. The maximum Gasteiger partial charge on any atom is 0.0157 e. The van der Waals surface area contributed by atoms with Crippen LogP contribution in [0, 0.1) is 0 Å². The molecule has 0 spiro atoms.